The Morgan fingerprint density at radius 2 is 2.00 bits per heavy atom. The van der Waals surface area contributed by atoms with Gasteiger partial charge in [0.2, 0.25) is 5.91 Å². The van der Waals surface area contributed by atoms with E-state index in [1.165, 1.54) is 29.2 Å². The van der Waals surface area contributed by atoms with Gasteiger partial charge >= 0.3 is 0 Å². The van der Waals surface area contributed by atoms with Crippen molar-refractivity contribution < 1.29 is 17.6 Å². The highest BCUT2D eigenvalue weighted by molar-refractivity contribution is 7.90. The fraction of sp³-hybridized carbons (Fsp3) is 0.250. The van der Waals surface area contributed by atoms with Gasteiger partial charge in [0.1, 0.15) is 18.0 Å². The summed E-state index contributed by atoms with van der Waals surface area (Å²) in [5.74, 6) is -0.511. The summed E-state index contributed by atoms with van der Waals surface area (Å²) < 4.78 is 42.0. The molecule has 4 rings (SSSR count). The standard InChI is InChI=1S/C20H20FN7O3S/c21-16-10-9-14(28-13-23-26-27-28)12-17(16)24-19(29)8-2-1-5-11-22-20-15-6-3-4-7-18(15)32(30,31)25-20/h3-4,6-7,9-10,12-13H,1-2,5,8,11H2,(H,22,25)(H,24,29). The first-order valence-electron chi connectivity index (χ1n) is 9.93. The van der Waals surface area contributed by atoms with Crippen LogP contribution in [0.2, 0.25) is 0 Å². The molecule has 0 unspecified atom stereocenters. The summed E-state index contributed by atoms with van der Waals surface area (Å²) in [6, 6.07) is 10.9. The van der Waals surface area contributed by atoms with Gasteiger partial charge < -0.3 is 5.32 Å². The minimum absolute atomic E-state index is 0.0570. The van der Waals surface area contributed by atoms with Crippen LogP contribution in [-0.2, 0) is 14.8 Å². The van der Waals surface area contributed by atoms with Crippen molar-refractivity contribution in [3.8, 4) is 5.69 Å². The van der Waals surface area contributed by atoms with Gasteiger partial charge in [0.05, 0.1) is 16.3 Å². The number of fused-ring (bicyclic) bond motifs is 1. The quantitative estimate of drug-likeness (QED) is 0.498. The minimum Gasteiger partial charge on any atom is -0.324 e. The maximum Gasteiger partial charge on any atom is 0.263 e. The van der Waals surface area contributed by atoms with Crippen molar-refractivity contribution in [1.82, 2.24) is 24.9 Å². The second kappa shape index (κ2) is 9.22. The molecule has 1 aromatic heterocycles. The Hall–Kier alpha value is -3.67. The summed E-state index contributed by atoms with van der Waals surface area (Å²) in [4.78, 5) is 16.8. The van der Waals surface area contributed by atoms with Crippen LogP contribution < -0.4 is 10.0 Å². The first kappa shape index (κ1) is 21.6. The van der Waals surface area contributed by atoms with Gasteiger partial charge in [-0.15, -0.1) is 5.10 Å². The van der Waals surface area contributed by atoms with Gasteiger partial charge in [-0.05, 0) is 53.6 Å². The number of anilines is 1. The van der Waals surface area contributed by atoms with Crippen LogP contribution in [0.4, 0.5) is 10.1 Å². The number of tetrazole rings is 1. The molecule has 0 bridgehead atoms. The molecule has 1 aliphatic rings. The molecule has 0 radical (unpaired) electrons. The SMILES string of the molecule is O=C(CCCCCN=C1NS(=O)(=O)c2ccccc21)Nc1cc(-n2cnnn2)ccc1F. The minimum atomic E-state index is -3.54. The highest BCUT2D eigenvalue weighted by Crippen LogP contribution is 2.22. The highest BCUT2D eigenvalue weighted by atomic mass is 32.2. The van der Waals surface area contributed by atoms with Crippen LogP contribution >= 0.6 is 0 Å². The van der Waals surface area contributed by atoms with Crippen LogP contribution in [0.1, 0.15) is 31.2 Å². The average Bonchev–Trinajstić information content (AvgIpc) is 3.39. The van der Waals surface area contributed by atoms with Crippen LogP contribution in [-0.4, -0.2) is 46.9 Å². The summed E-state index contributed by atoms with van der Waals surface area (Å²) in [6.45, 7) is 0.427. The monoisotopic (exact) mass is 457 g/mol. The van der Waals surface area contributed by atoms with Crippen molar-refractivity contribution >= 4 is 27.5 Å². The highest BCUT2D eigenvalue weighted by Gasteiger charge is 2.29. The zero-order chi connectivity index (χ0) is 22.6. The zero-order valence-electron chi connectivity index (χ0n) is 16.9. The van der Waals surface area contributed by atoms with Crippen molar-refractivity contribution in [3.63, 3.8) is 0 Å². The zero-order valence-corrected chi connectivity index (χ0v) is 17.7. The van der Waals surface area contributed by atoms with Crippen LogP contribution in [0.15, 0.2) is 58.7 Å². The molecule has 2 heterocycles. The number of benzene rings is 2. The van der Waals surface area contributed by atoms with E-state index in [4.69, 9.17) is 0 Å². The molecular formula is C20H20FN7O3S. The van der Waals surface area contributed by atoms with E-state index >= 15 is 0 Å². The number of sulfonamides is 1. The lowest BCUT2D eigenvalue weighted by Gasteiger charge is -2.08. The Bertz CT molecular complexity index is 1260. The maximum atomic E-state index is 14.0. The molecule has 10 nitrogen and oxygen atoms in total. The number of nitrogens with one attached hydrogen (secondary N) is 2. The number of aromatic nitrogens is 4. The normalized spacial score (nSPS) is 15.3. The predicted octanol–water partition coefficient (Wildman–Crippen LogP) is 2.04. The Morgan fingerprint density at radius 1 is 1.16 bits per heavy atom. The van der Waals surface area contributed by atoms with E-state index in [1.54, 1.807) is 24.3 Å². The van der Waals surface area contributed by atoms with Gasteiger partial charge in [0.25, 0.3) is 10.0 Å². The Kier molecular flexibility index (Phi) is 6.21. The fourth-order valence-corrected chi connectivity index (χ4v) is 4.51. The smallest absolute Gasteiger partial charge is 0.263 e. The average molecular weight is 457 g/mol. The van der Waals surface area contributed by atoms with E-state index in [9.17, 15) is 17.6 Å². The number of carbonyl (C=O) groups excluding carboxylic acids is 1. The molecule has 2 N–H and O–H groups in total. The number of unbranched alkanes of at least 4 members (excludes halogenated alkanes) is 2. The number of amides is 1. The molecule has 166 valence electrons. The number of hydrogen-bond acceptors (Lipinski definition) is 7. The first-order chi connectivity index (χ1) is 15.4. The summed E-state index contributed by atoms with van der Waals surface area (Å²) in [5, 5.41) is 13.4. The van der Waals surface area contributed by atoms with Gasteiger partial charge in [-0.1, -0.05) is 18.6 Å². The lowest BCUT2D eigenvalue weighted by Crippen LogP contribution is -2.22. The Morgan fingerprint density at radius 3 is 2.81 bits per heavy atom. The topological polar surface area (TPSA) is 131 Å². The first-order valence-corrected chi connectivity index (χ1v) is 11.4. The third-order valence-electron chi connectivity index (χ3n) is 4.83. The lowest BCUT2D eigenvalue weighted by atomic mass is 10.1. The van der Waals surface area contributed by atoms with Crippen LogP contribution in [0.25, 0.3) is 5.69 Å². The molecule has 1 amide bonds. The Labute approximate surface area is 183 Å². The van der Waals surface area contributed by atoms with Gasteiger partial charge in [-0.3, -0.25) is 14.5 Å². The van der Waals surface area contributed by atoms with Crippen molar-refractivity contribution in [3.05, 3.63) is 60.2 Å². The second-order valence-electron chi connectivity index (χ2n) is 7.11. The molecule has 3 aromatic rings. The number of nitrogens with zero attached hydrogens (tertiary/aromatic N) is 5. The van der Waals surface area contributed by atoms with E-state index in [0.717, 1.165) is 0 Å². The van der Waals surface area contributed by atoms with Crippen LogP contribution in [0.3, 0.4) is 0 Å². The maximum absolute atomic E-state index is 14.0. The van der Waals surface area contributed by atoms with E-state index in [1.807, 2.05) is 0 Å². The summed E-state index contributed by atoms with van der Waals surface area (Å²) in [6.07, 6.45) is 3.58. The van der Waals surface area contributed by atoms with E-state index in [0.29, 0.717) is 42.9 Å². The van der Waals surface area contributed by atoms with Crippen molar-refractivity contribution in [2.45, 2.75) is 30.6 Å². The largest absolute Gasteiger partial charge is 0.324 e. The molecule has 0 saturated carbocycles. The molecule has 2 aromatic carbocycles. The van der Waals surface area contributed by atoms with E-state index < -0.39 is 15.8 Å². The molecule has 0 spiro atoms. The van der Waals surface area contributed by atoms with Crippen LogP contribution in [0, 0.1) is 5.82 Å². The fourth-order valence-electron chi connectivity index (χ4n) is 3.26. The van der Waals surface area contributed by atoms with Gasteiger partial charge in [0.15, 0.2) is 0 Å². The Balaban J connectivity index is 1.24. The molecule has 12 heteroatoms. The molecule has 0 aliphatic carbocycles. The number of amidine groups is 1. The number of halogens is 1. The molecule has 0 saturated heterocycles. The van der Waals surface area contributed by atoms with Gasteiger partial charge in [-0.2, -0.15) is 0 Å². The third-order valence-corrected chi connectivity index (χ3v) is 6.23. The van der Waals surface area contributed by atoms with Crippen molar-refractivity contribution in [1.29, 1.82) is 0 Å². The van der Waals surface area contributed by atoms with Gasteiger partial charge in [-0.25, -0.2) is 17.5 Å². The number of rotatable bonds is 8. The third kappa shape index (κ3) is 4.80. The lowest BCUT2D eigenvalue weighted by molar-refractivity contribution is -0.116. The molecule has 0 atom stereocenters. The van der Waals surface area contributed by atoms with Crippen molar-refractivity contribution in [2.75, 3.05) is 11.9 Å². The predicted molar refractivity (Wildman–Crippen MR) is 114 cm³/mol. The number of carbonyl (C=O) groups is 1. The molecule has 32 heavy (non-hydrogen) atoms. The van der Waals surface area contributed by atoms with E-state index in [2.05, 4.69) is 30.6 Å². The van der Waals surface area contributed by atoms with Gasteiger partial charge in [0, 0.05) is 18.5 Å². The van der Waals surface area contributed by atoms with Crippen LogP contribution in [0.5, 0.6) is 0 Å². The summed E-state index contributed by atoms with van der Waals surface area (Å²) in [5.41, 5.74) is 1.15. The number of aliphatic imine (C=N–C) groups is 1. The van der Waals surface area contributed by atoms with E-state index in [-0.39, 0.29) is 22.9 Å². The molecule has 1 aliphatic heterocycles. The second-order valence-corrected chi connectivity index (χ2v) is 8.76. The number of hydrogen-bond donors (Lipinski definition) is 2. The summed E-state index contributed by atoms with van der Waals surface area (Å²) >= 11 is 0. The molecular weight excluding hydrogens is 437 g/mol. The molecule has 0 fully saturated rings. The van der Waals surface area contributed by atoms with Crippen molar-refractivity contribution in [2.24, 2.45) is 4.99 Å². The summed E-state index contributed by atoms with van der Waals surface area (Å²) in [7, 11) is -3.54.